The molecule has 4 nitrogen and oxygen atoms in total. The third-order valence-electron chi connectivity index (χ3n) is 3.74. The number of nitrogens with zero attached hydrogens (tertiary/aromatic N) is 1. The van der Waals surface area contributed by atoms with Gasteiger partial charge in [0.25, 0.3) is 0 Å². The molecule has 1 aromatic carbocycles. The molecule has 1 amide bonds. The first-order valence-corrected chi connectivity index (χ1v) is 7.62. The molecular weight excluding hydrogens is 320 g/mol. The van der Waals surface area contributed by atoms with Crippen molar-refractivity contribution in [2.75, 3.05) is 20.2 Å². The van der Waals surface area contributed by atoms with Crippen molar-refractivity contribution in [3.8, 4) is 0 Å². The molecule has 1 fully saturated rings. The number of hydrogen-bond donors (Lipinski definition) is 1. The molecule has 0 aromatic heterocycles. The highest BCUT2D eigenvalue weighted by Crippen LogP contribution is 2.23. The van der Waals surface area contributed by atoms with Gasteiger partial charge in [-0.15, -0.1) is 0 Å². The number of hydrogen-bond acceptors (Lipinski definition) is 3. The number of amides is 1. The summed E-state index contributed by atoms with van der Waals surface area (Å²) in [5, 5.41) is 0. The highest BCUT2D eigenvalue weighted by molar-refractivity contribution is 9.10. The van der Waals surface area contributed by atoms with Crippen molar-refractivity contribution >= 4 is 21.8 Å². The van der Waals surface area contributed by atoms with Gasteiger partial charge in [-0.3, -0.25) is 4.79 Å². The van der Waals surface area contributed by atoms with Crippen molar-refractivity contribution in [2.45, 2.75) is 31.4 Å². The first-order valence-electron chi connectivity index (χ1n) is 6.83. The molecule has 1 aliphatic heterocycles. The average Bonchev–Trinajstić information content (AvgIpc) is 2.91. The normalized spacial score (nSPS) is 21.5. The molecule has 5 heteroatoms. The highest BCUT2D eigenvalue weighted by atomic mass is 79.9. The predicted molar refractivity (Wildman–Crippen MR) is 82.3 cm³/mol. The number of rotatable bonds is 4. The number of halogens is 1. The molecule has 2 N–H and O–H groups in total. The quantitative estimate of drug-likeness (QED) is 0.914. The van der Waals surface area contributed by atoms with E-state index in [0.717, 1.165) is 29.5 Å². The van der Waals surface area contributed by atoms with Gasteiger partial charge in [-0.25, -0.2) is 0 Å². The van der Waals surface area contributed by atoms with Gasteiger partial charge >= 0.3 is 0 Å². The standard InChI is InChI=1S/C15H21BrN2O2/c1-15(17,11-5-7-12(16)8-6-11)14(19)18(2)10-13-4-3-9-20-13/h5-8,13H,3-4,9-10,17H2,1-2H3. The monoisotopic (exact) mass is 340 g/mol. The van der Waals surface area contributed by atoms with Crippen molar-refractivity contribution in [3.63, 3.8) is 0 Å². The summed E-state index contributed by atoms with van der Waals surface area (Å²) in [6, 6.07) is 7.55. The molecule has 2 rings (SSSR count). The van der Waals surface area contributed by atoms with Crippen molar-refractivity contribution in [1.82, 2.24) is 4.90 Å². The molecule has 110 valence electrons. The van der Waals surface area contributed by atoms with Crippen molar-refractivity contribution < 1.29 is 9.53 Å². The van der Waals surface area contributed by atoms with Gasteiger partial charge in [-0.05, 0) is 37.5 Å². The molecule has 0 saturated carbocycles. The van der Waals surface area contributed by atoms with E-state index >= 15 is 0 Å². The molecule has 1 heterocycles. The number of carbonyl (C=O) groups is 1. The molecule has 1 aliphatic rings. The fraction of sp³-hybridized carbons (Fsp3) is 0.533. The van der Waals surface area contributed by atoms with Gasteiger partial charge in [-0.2, -0.15) is 0 Å². The Morgan fingerprint density at radius 2 is 2.15 bits per heavy atom. The molecule has 1 aromatic rings. The van der Waals surface area contributed by atoms with Gasteiger partial charge in [0.05, 0.1) is 6.10 Å². The smallest absolute Gasteiger partial charge is 0.246 e. The summed E-state index contributed by atoms with van der Waals surface area (Å²) in [6.07, 6.45) is 2.22. The summed E-state index contributed by atoms with van der Waals surface area (Å²) in [6.45, 7) is 3.14. The zero-order chi connectivity index (χ0) is 14.8. The summed E-state index contributed by atoms with van der Waals surface area (Å²) in [4.78, 5) is 14.3. The Bertz CT molecular complexity index is 467. The first kappa shape index (κ1) is 15.5. The number of nitrogens with two attached hydrogens (primary N) is 1. The van der Waals surface area contributed by atoms with Crippen LogP contribution in [0.3, 0.4) is 0 Å². The molecule has 0 radical (unpaired) electrons. The van der Waals surface area contributed by atoms with Crippen molar-refractivity contribution in [1.29, 1.82) is 0 Å². The zero-order valence-electron chi connectivity index (χ0n) is 11.9. The predicted octanol–water partition coefficient (Wildman–Crippen LogP) is 2.26. The lowest BCUT2D eigenvalue weighted by molar-refractivity contribution is -0.136. The van der Waals surface area contributed by atoms with Gasteiger partial charge in [0.2, 0.25) is 5.91 Å². The molecule has 0 bridgehead atoms. The molecular formula is C15H21BrN2O2. The van der Waals surface area contributed by atoms with Crippen LogP contribution in [-0.2, 0) is 15.1 Å². The second-order valence-corrected chi connectivity index (χ2v) is 6.45. The highest BCUT2D eigenvalue weighted by Gasteiger charge is 2.34. The summed E-state index contributed by atoms with van der Waals surface area (Å²) >= 11 is 3.38. The Labute approximate surface area is 128 Å². The van der Waals surface area contributed by atoms with E-state index in [0.29, 0.717) is 6.54 Å². The van der Waals surface area contributed by atoms with E-state index in [1.807, 2.05) is 24.3 Å². The van der Waals surface area contributed by atoms with Crippen LogP contribution in [0.25, 0.3) is 0 Å². The van der Waals surface area contributed by atoms with Crippen LogP contribution in [0, 0.1) is 0 Å². The third kappa shape index (κ3) is 3.40. The number of benzene rings is 1. The molecule has 2 atom stereocenters. The van der Waals surface area contributed by atoms with Crippen LogP contribution >= 0.6 is 15.9 Å². The third-order valence-corrected chi connectivity index (χ3v) is 4.27. The minimum atomic E-state index is -1.02. The van der Waals surface area contributed by atoms with E-state index in [2.05, 4.69) is 15.9 Å². The lowest BCUT2D eigenvalue weighted by atomic mass is 9.91. The summed E-state index contributed by atoms with van der Waals surface area (Å²) in [5.74, 6) is -0.0877. The van der Waals surface area contributed by atoms with Crippen molar-refractivity contribution in [3.05, 3.63) is 34.3 Å². The largest absolute Gasteiger partial charge is 0.376 e. The van der Waals surface area contributed by atoms with Crippen molar-refractivity contribution in [2.24, 2.45) is 5.73 Å². The Hall–Kier alpha value is -0.910. The van der Waals surface area contributed by atoms with E-state index in [4.69, 9.17) is 10.5 Å². The first-order chi connectivity index (χ1) is 9.41. The van der Waals surface area contributed by atoms with Gasteiger partial charge < -0.3 is 15.4 Å². The summed E-state index contributed by atoms with van der Waals surface area (Å²) < 4.78 is 6.54. The van der Waals surface area contributed by atoms with E-state index in [9.17, 15) is 4.79 Å². The van der Waals surface area contributed by atoms with Crippen LogP contribution in [0.4, 0.5) is 0 Å². The van der Waals surface area contributed by atoms with E-state index < -0.39 is 5.54 Å². The maximum Gasteiger partial charge on any atom is 0.246 e. The molecule has 20 heavy (non-hydrogen) atoms. The minimum Gasteiger partial charge on any atom is -0.376 e. The summed E-state index contributed by atoms with van der Waals surface area (Å²) in [5.41, 5.74) is 6.05. The van der Waals surface area contributed by atoms with Crippen LogP contribution in [0.5, 0.6) is 0 Å². The Morgan fingerprint density at radius 1 is 1.50 bits per heavy atom. The Kier molecular flexibility index (Phi) is 4.83. The number of ether oxygens (including phenoxy) is 1. The van der Waals surface area contributed by atoms with Crippen LogP contribution in [0.1, 0.15) is 25.3 Å². The molecule has 2 unspecified atom stereocenters. The second kappa shape index (κ2) is 6.24. The lowest BCUT2D eigenvalue weighted by Gasteiger charge is -2.31. The average molecular weight is 341 g/mol. The van der Waals surface area contributed by atoms with Crippen LogP contribution in [0.15, 0.2) is 28.7 Å². The van der Waals surface area contributed by atoms with Crippen LogP contribution < -0.4 is 5.73 Å². The van der Waals surface area contributed by atoms with Gasteiger partial charge in [-0.1, -0.05) is 28.1 Å². The molecule has 0 aliphatic carbocycles. The SMILES string of the molecule is CN(CC1CCCO1)C(=O)C(C)(N)c1ccc(Br)cc1. The van der Waals surface area contributed by atoms with Gasteiger partial charge in [0.15, 0.2) is 0 Å². The summed E-state index contributed by atoms with van der Waals surface area (Å²) in [7, 11) is 1.79. The fourth-order valence-electron chi connectivity index (χ4n) is 2.49. The number of carbonyl (C=O) groups excluding carboxylic acids is 1. The Morgan fingerprint density at radius 3 is 2.70 bits per heavy atom. The molecule has 0 spiro atoms. The van der Waals surface area contributed by atoms with Crippen LogP contribution in [-0.4, -0.2) is 37.1 Å². The minimum absolute atomic E-state index is 0.0877. The van der Waals surface area contributed by atoms with E-state index in [1.165, 1.54) is 0 Å². The van der Waals surface area contributed by atoms with Gasteiger partial charge in [0, 0.05) is 24.7 Å². The van der Waals surface area contributed by atoms with E-state index in [1.54, 1.807) is 18.9 Å². The maximum absolute atomic E-state index is 12.6. The van der Waals surface area contributed by atoms with E-state index in [-0.39, 0.29) is 12.0 Å². The van der Waals surface area contributed by atoms with Crippen LogP contribution in [0.2, 0.25) is 0 Å². The zero-order valence-corrected chi connectivity index (χ0v) is 13.5. The maximum atomic E-state index is 12.6. The topological polar surface area (TPSA) is 55.6 Å². The molecule has 1 saturated heterocycles. The Balaban J connectivity index is 2.07. The number of likely N-dealkylation sites (N-methyl/N-ethyl adjacent to an activating group) is 1. The lowest BCUT2D eigenvalue weighted by Crippen LogP contribution is -2.51. The fourth-order valence-corrected chi connectivity index (χ4v) is 2.76. The second-order valence-electron chi connectivity index (χ2n) is 5.53. The van der Waals surface area contributed by atoms with Gasteiger partial charge in [0.1, 0.15) is 5.54 Å².